The summed E-state index contributed by atoms with van der Waals surface area (Å²) in [7, 11) is 1.26. The Bertz CT molecular complexity index is 906. The van der Waals surface area contributed by atoms with Gasteiger partial charge in [-0.15, -0.1) is 11.3 Å². The molecule has 0 spiro atoms. The molecule has 0 aliphatic carbocycles. The van der Waals surface area contributed by atoms with Gasteiger partial charge in [0.05, 0.1) is 17.6 Å². The van der Waals surface area contributed by atoms with Crippen molar-refractivity contribution in [1.29, 1.82) is 0 Å². The molecule has 0 saturated carbocycles. The average molecular weight is 404 g/mol. The summed E-state index contributed by atoms with van der Waals surface area (Å²) >= 11 is 1.07. The molecule has 0 aromatic carbocycles. The third-order valence-corrected chi connectivity index (χ3v) is 5.37. The molecular weight excluding hydrogens is 380 g/mol. The Morgan fingerprint density at radius 3 is 2.43 bits per heavy atom. The van der Waals surface area contributed by atoms with Gasteiger partial charge in [-0.2, -0.15) is 0 Å². The molecule has 0 fully saturated rings. The van der Waals surface area contributed by atoms with Gasteiger partial charge in [0.15, 0.2) is 0 Å². The third-order valence-electron chi connectivity index (χ3n) is 4.18. The van der Waals surface area contributed by atoms with E-state index >= 15 is 0 Å². The van der Waals surface area contributed by atoms with Gasteiger partial charge >= 0.3 is 5.97 Å². The lowest BCUT2D eigenvalue weighted by atomic mass is 10.1. The fraction of sp³-hybridized carbons (Fsp3) is 0.350. The molecule has 0 atom stereocenters. The van der Waals surface area contributed by atoms with Gasteiger partial charge in [-0.3, -0.25) is 9.59 Å². The highest BCUT2D eigenvalue weighted by molar-refractivity contribution is 7.18. The van der Waals surface area contributed by atoms with Crippen LogP contribution in [0.25, 0.3) is 6.08 Å². The van der Waals surface area contributed by atoms with Gasteiger partial charge in [0.25, 0.3) is 5.91 Å². The molecule has 1 N–H and O–H groups in total. The van der Waals surface area contributed by atoms with Crippen LogP contribution in [0.1, 0.15) is 51.0 Å². The summed E-state index contributed by atoms with van der Waals surface area (Å²) in [5.41, 5.74) is 0.688. The number of ether oxygens (including phenoxy) is 1. The number of carbonyl (C=O) groups is 3. The van der Waals surface area contributed by atoms with Crippen LogP contribution in [0.4, 0.5) is 5.00 Å². The van der Waals surface area contributed by atoms with Crippen LogP contribution in [0.15, 0.2) is 22.6 Å². The lowest BCUT2D eigenvalue weighted by molar-refractivity contribution is -0.111. The van der Waals surface area contributed by atoms with Crippen molar-refractivity contribution in [3.63, 3.8) is 0 Å². The van der Waals surface area contributed by atoms with E-state index in [0.717, 1.165) is 17.1 Å². The lowest BCUT2D eigenvalue weighted by Crippen LogP contribution is -2.30. The molecule has 0 aliphatic heterocycles. The maximum atomic E-state index is 12.7. The van der Waals surface area contributed by atoms with Crippen molar-refractivity contribution in [1.82, 2.24) is 4.90 Å². The van der Waals surface area contributed by atoms with Crippen LogP contribution in [0.5, 0.6) is 0 Å². The number of thiophene rings is 1. The molecule has 0 radical (unpaired) electrons. The molecule has 2 aromatic rings. The normalized spacial score (nSPS) is 10.9. The SMILES string of the molecule is CCN(CC)C(=O)c1sc(NC(=O)/C=C/c2ccc(C)o2)c(C(=O)OC)c1C. The van der Waals surface area contributed by atoms with Gasteiger partial charge in [0.1, 0.15) is 16.5 Å². The number of furan rings is 1. The first-order valence-electron chi connectivity index (χ1n) is 8.88. The summed E-state index contributed by atoms with van der Waals surface area (Å²) in [6.07, 6.45) is 2.84. The third kappa shape index (κ3) is 4.69. The molecule has 7 nitrogen and oxygen atoms in total. The number of hydrogen-bond donors (Lipinski definition) is 1. The number of hydrogen-bond acceptors (Lipinski definition) is 6. The minimum atomic E-state index is -0.603. The van der Waals surface area contributed by atoms with Gasteiger partial charge in [-0.1, -0.05) is 0 Å². The summed E-state index contributed by atoms with van der Waals surface area (Å²) in [5, 5.41) is 2.96. The minimum absolute atomic E-state index is 0.181. The van der Waals surface area contributed by atoms with Crippen LogP contribution in [0.2, 0.25) is 0 Å². The second-order valence-electron chi connectivity index (χ2n) is 6.00. The fourth-order valence-corrected chi connectivity index (χ4v) is 3.83. The number of carbonyl (C=O) groups excluding carboxylic acids is 3. The zero-order valence-electron chi connectivity index (χ0n) is 16.6. The van der Waals surface area contributed by atoms with E-state index in [-0.39, 0.29) is 16.5 Å². The van der Waals surface area contributed by atoms with E-state index in [4.69, 9.17) is 9.15 Å². The van der Waals surface area contributed by atoms with Gasteiger partial charge in [-0.05, 0) is 51.5 Å². The molecule has 28 heavy (non-hydrogen) atoms. The molecule has 2 heterocycles. The highest BCUT2D eigenvalue weighted by Crippen LogP contribution is 2.34. The predicted octanol–water partition coefficient (Wildman–Crippen LogP) is 3.88. The van der Waals surface area contributed by atoms with Crippen molar-refractivity contribution in [2.24, 2.45) is 0 Å². The van der Waals surface area contributed by atoms with Crippen molar-refractivity contribution in [3.8, 4) is 0 Å². The second kappa shape index (κ2) is 9.36. The maximum Gasteiger partial charge on any atom is 0.341 e. The minimum Gasteiger partial charge on any atom is -0.465 e. The molecule has 8 heteroatoms. The van der Waals surface area contributed by atoms with E-state index in [1.807, 2.05) is 20.8 Å². The molecule has 150 valence electrons. The Labute approximate surface area is 168 Å². The van der Waals surface area contributed by atoms with E-state index in [1.165, 1.54) is 19.3 Å². The van der Waals surface area contributed by atoms with Crippen molar-refractivity contribution in [2.75, 3.05) is 25.5 Å². The predicted molar refractivity (Wildman–Crippen MR) is 109 cm³/mol. The van der Waals surface area contributed by atoms with Crippen LogP contribution in [0.3, 0.4) is 0 Å². The van der Waals surface area contributed by atoms with Crippen LogP contribution >= 0.6 is 11.3 Å². The standard InChI is InChI=1S/C20H24N2O5S/c1-6-22(7-2)19(24)17-13(4)16(20(25)26-5)18(28-17)21-15(23)11-10-14-9-8-12(3)27-14/h8-11H,6-7H2,1-5H3,(H,21,23)/b11-10+. The van der Waals surface area contributed by atoms with E-state index in [1.54, 1.807) is 24.0 Å². The van der Waals surface area contributed by atoms with Crippen LogP contribution < -0.4 is 5.32 Å². The number of esters is 1. The maximum absolute atomic E-state index is 12.7. The molecule has 2 rings (SSSR count). The van der Waals surface area contributed by atoms with Gasteiger partial charge < -0.3 is 19.4 Å². The van der Waals surface area contributed by atoms with Crippen molar-refractivity contribution >= 4 is 40.2 Å². The van der Waals surface area contributed by atoms with Crippen LogP contribution in [0, 0.1) is 13.8 Å². The Balaban J connectivity index is 2.32. The number of nitrogens with zero attached hydrogens (tertiary/aromatic N) is 1. The summed E-state index contributed by atoms with van der Waals surface area (Å²) in [6, 6.07) is 3.54. The van der Waals surface area contributed by atoms with Crippen LogP contribution in [-0.2, 0) is 9.53 Å². The molecule has 2 aromatic heterocycles. The molecule has 2 amide bonds. The molecule has 0 unspecified atom stereocenters. The van der Waals surface area contributed by atoms with Crippen molar-refractivity contribution < 1.29 is 23.5 Å². The number of nitrogens with one attached hydrogen (secondary N) is 1. The van der Waals surface area contributed by atoms with E-state index in [0.29, 0.717) is 29.3 Å². The molecule has 0 saturated heterocycles. The van der Waals surface area contributed by atoms with E-state index in [9.17, 15) is 14.4 Å². The summed E-state index contributed by atoms with van der Waals surface area (Å²) in [4.78, 5) is 39.4. The fourth-order valence-electron chi connectivity index (χ4n) is 2.66. The highest BCUT2D eigenvalue weighted by atomic mass is 32.1. The highest BCUT2D eigenvalue weighted by Gasteiger charge is 2.27. The van der Waals surface area contributed by atoms with Gasteiger partial charge in [0.2, 0.25) is 5.91 Å². The zero-order chi connectivity index (χ0) is 20.8. The van der Waals surface area contributed by atoms with Gasteiger partial charge in [-0.25, -0.2) is 4.79 Å². The van der Waals surface area contributed by atoms with Crippen LogP contribution in [-0.4, -0.2) is 42.9 Å². The monoisotopic (exact) mass is 404 g/mol. The second-order valence-corrected chi connectivity index (χ2v) is 7.02. The van der Waals surface area contributed by atoms with Crippen molar-refractivity contribution in [3.05, 3.63) is 45.7 Å². The number of methoxy groups -OCH3 is 1. The molecule has 0 bridgehead atoms. The van der Waals surface area contributed by atoms with Crippen molar-refractivity contribution in [2.45, 2.75) is 27.7 Å². The smallest absolute Gasteiger partial charge is 0.341 e. The number of amides is 2. The molecule has 0 aliphatic rings. The zero-order valence-corrected chi connectivity index (χ0v) is 17.4. The molecular formula is C20H24N2O5S. The first kappa shape index (κ1) is 21.4. The lowest BCUT2D eigenvalue weighted by Gasteiger charge is -2.17. The number of anilines is 1. The summed E-state index contributed by atoms with van der Waals surface area (Å²) < 4.78 is 10.2. The Hall–Kier alpha value is -2.87. The Morgan fingerprint density at radius 2 is 1.89 bits per heavy atom. The summed E-state index contributed by atoms with van der Waals surface area (Å²) in [5.74, 6) is 0.0532. The number of aryl methyl sites for hydroxylation is 1. The largest absolute Gasteiger partial charge is 0.465 e. The Morgan fingerprint density at radius 1 is 1.21 bits per heavy atom. The quantitative estimate of drug-likeness (QED) is 0.559. The van der Waals surface area contributed by atoms with Gasteiger partial charge in [0, 0.05) is 19.2 Å². The summed E-state index contributed by atoms with van der Waals surface area (Å²) in [6.45, 7) is 8.35. The van der Waals surface area contributed by atoms with E-state index in [2.05, 4.69) is 5.32 Å². The average Bonchev–Trinajstić information content (AvgIpc) is 3.23. The van der Waals surface area contributed by atoms with E-state index < -0.39 is 11.9 Å². The first-order chi connectivity index (χ1) is 13.3. The Kier molecular flexibility index (Phi) is 7.17. The topological polar surface area (TPSA) is 88.9 Å². The first-order valence-corrected chi connectivity index (χ1v) is 9.70. The number of rotatable bonds is 7.